The lowest BCUT2D eigenvalue weighted by atomic mass is 10.2. The quantitative estimate of drug-likeness (QED) is 0.334. The molecule has 3 heteroatoms. The van der Waals surface area contributed by atoms with E-state index < -0.39 is 8.56 Å². The Morgan fingerprint density at radius 2 is 1.71 bits per heavy atom. The van der Waals surface area contributed by atoms with Crippen molar-refractivity contribution in [2.45, 2.75) is 45.7 Å². The van der Waals surface area contributed by atoms with Gasteiger partial charge in [-0.3, -0.25) is 0 Å². The molecule has 0 atom stereocenters. The summed E-state index contributed by atoms with van der Waals surface area (Å²) in [4.78, 5) is 0. The fraction of sp³-hybridized carbons (Fsp3) is 0.818. The molecule has 0 spiro atoms. The molecule has 0 bridgehead atoms. The minimum atomic E-state index is -1.83. The van der Waals surface area contributed by atoms with Crippen LogP contribution >= 0.6 is 0 Å². The molecular weight excluding hydrogens is 192 g/mol. The zero-order valence-corrected chi connectivity index (χ0v) is 10.8. The zero-order valence-electron chi connectivity index (χ0n) is 9.84. The van der Waals surface area contributed by atoms with Gasteiger partial charge in [-0.25, -0.2) is 0 Å². The molecule has 0 saturated carbocycles. The molecule has 0 heterocycles. The van der Waals surface area contributed by atoms with E-state index in [2.05, 4.69) is 13.1 Å². The summed E-state index contributed by atoms with van der Waals surface area (Å²) in [5.74, 6) is 0. The van der Waals surface area contributed by atoms with Crippen LogP contribution in [0.5, 0.6) is 0 Å². The third-order valence-electron chi connectivity index (χ3n) is 2.19. The predicted octanol–water partition coefficient (Wildman–Crippen LogP) is 3.49. The van der Waals surface area contributed by atoms with Gasteiger partial charge in [0.2, 0.25) is 0 Å². The van der Waals surface area contributed by atoms with Crippen molar-refractivity contribution < 1.29 is 8.85 Å². The second-order valence-corrected chi connectivity index (χ2v) is 6.88. The van der Waals surface area contributed by atoms with Crippen LogP contribution in [0.15, 0.2) is 12.7 Å². The van der Waals surface area contributed by atoms with Crippen LogP contribution in [0.3, 0.4) is 0 Å². The third-order valence-corrected chi connectivity index (χ3v) is 5.25. The Kier molecular flexibility index (Phi) is 8.13. The van der Waals surface area contributed by atoms with Gasteiger partial charge in [-0.05, 0) is 39.3 Å². The van der Waals surface area contributed by atoms with E-state index in [9.17, 15) is 0 Å². The molecule has 0 amide bonds. The number of hydrogen-bond donors (Lipinski definition) is 0. The molecule has 14 heavy (non-hydrogen) atoms. The van der Waals surface area contributed by atoms with Crippen molar-refractivity contribution in [3.05, 3.63) is 12.7 Å². The van der Waals surface area contributed by atoms with E-state index in [0.717, 1.165) is 25.7 Å². The number of hydrogen-bond acceptors (Lipinski definition) is 2. The Morgan fingerprint density at radius 1 is 1.14 bits per heavy atom. The van der Waals surface area contributed by atoms with Crippen molar-refractivity contribution in [2.75, 3.05) is 13.2 Å². The first-order chi connectivity index (χ1) is 6.68. The van der Waals surface area contributed by atoms with Crippen LogP contribution < -0.4 is 0 Å². The Bertz CT molecular complexity index is 142. The van der Waals surface area contributed by atoms with Gasteiger partial charge in [0, 0.05) is 13.2 Å². The number of rotatable bonds is 9. The van der Waals surface area contributed by atoms with Gasteiger partial charge >= 0.3 is 8.56 Å². The molecule has 0 unspecified atom stereocenters. The molecule has 84 valence electrons. The summed E-state index contributed by atoms with van der Waals surface area (Å²) in [7, 11) is -1.83. The van der Waals surface area contributed by atoms with Gasteiger partial charge in [0.25, 0.3) is 0 Å². The minimum absolute atomic E-state index is 0.768. The van der Waals surface area contributed by atoms with Gasteiger partial charge < -0.3 is 8.85 Å². The van der Waals surface area contributed by atoms with Crippen LogP contribution in [0.25, 0.3) is 0 Å². The van der Waals surface area contributed by atoms with Crippen molar-refractivity contribution in [3.63, 3.8) is 0 Å². The molecular formula is C11H24O2Si. The molecule has 0 aromatic heterocycles. The fourth-order valence-corrected chi connectivity index (χ4v) is 4.02. The van der Waals surface area contributed by atoms with Crippen LogP contribution in [0.2, 0.25) is 12.6 Å². The topological polar surface area (TPSA) is 18.5 Å². The molecule has 0 radical (unpaired) electrons. The minimum Gasteiger partial charge on any atom is -0.395 e. The van der Waals surface area contributed by atoms with Crippen LogP contribution in [0, 0.1) is 0 Å². The van der Waals surface area contributed by atoms with E-state index in [1.54, 1.807) is 0 Å². The summed E-state index contributed by atoms with van der Waals surface area (Å²) in [6.07, 6.45) is 5.46. The van der Waals surface area contributed by atoms with Crippen molar-refractivity contribution in [2.24, 2.45) is 0 Å². The first-order valence-corrected chi connectivity index (χ1v) is 8.09. The van der Waals surface area contributed by atoms with E-state index in [-0.39, 0.29) is 0 Å². The molecule has 0 aliphatic carbocycles. The van der Waals surface area contributed by atoms with Crippen LogP contribution in [-0.4, -0.2) is 21.8 Å². The van der Waals surface area contributed by atoms with Crippen molar-refractivity contribution in [1.29, 1.82) is 0 Å². The predicted molar refractivity (Wildman–Crippen MR) is 63.7 cm³/mol. The van der Waals surface area contributed by atoms with E-state index in [4.69, 9.17) is 8.85 Å². The van der Waals surface area contributed by atoms with Crippen LogP contribution in [-0.2, 0) is 8.85 Å². The maximum absolute atomic E-state index is 5.74. The summed E-state index contributed by atoms with van der Waals surface area (Å²) in [6, 6.07) is 1.10. The van der Waals surface area contributed by atoms with Crippen molar-refractivity contribution in [1.82, 2.24) is 0 Å². The standard InChI is InChI=1S/C11H24O2Si/c1-5-8-9-10-11-14(4,12-6-2)13-7-3/h5H,1,6-11H2,2-4H3. The summed E-state index contributed by atoms with van der Waals surface area (Å²) >= 11 is 0. The van der Waals surface area contributed by atoms with E-state index in [1.165, 1.54) is 12.8 Å². The molecule has 0 fully saturated rings. The normalized spacial score (nSPS) is 11.6. The lowest BCUT2D eigenvalue weighted by Gasteiger charge is -2.25. The molecule has 2 nitrogen and oxygen atoms in total. The number of allylic oxidation sites excluding steroid dienone is 1. The monoisotopic (exact) mass is 216 g/mol. The van der Waals surface area contributed by atoms with Crippen LogP contribution in [0.4, 0.5) is 0 Å². The number of unbranched alkanes of at least 4 members (excludes halogenated alkanes) is 2. The van der Waals surface area contributed by atoms with Gasteiger partial charge in [0.15, 0.2) is 0 Å². The molecule has 0 aromatic carbocycles. The van der Waals surface area contributed by atoms with E-state index in [0.29, 0.717) is 0 Å². The van der Waals surface area contributed by atoms with Crippen molar-refractivity contribution in [3.8, 4) is 0 Å². The Morgan fingerprint density at radius 3 is 2.14 bits per heavy atom. The Labute approximate surface area is 89.6 Å². The summed E-state index contributed by atoms with van der Waals surface area (Å²) < 4.78 is 11.5. The molecule has 0 rings (SSSR count). The second kappa shape index (κ2) is 8.21. The smallest absolute Gasteiger partial charge is 0.334 e. The fourth-order valence-electron chi connectivity index (χ4n) is 1.53. The lowest BCUT2D eigenvalue weighted by molar-refractivity contribution is 0.188. The lowest BCUT2D eigenvalue weighted by Crippen LogP contribution is -2.38. The molecule has 0 aliphatic rings. The van der Waals surface area contributed by atoms with E-state index in [1.807, 2.05) is 19.9 Å². The van der Waals surface area contributed by atoms with E-state index >= 15 is 0 Å². The molecule has 0 N–H and O–H groups in total. The maximum atomic E-state index is 5.74. The molecule has 0 saturated heterocycles. The highest BCUT2D eigenvalue weighted by molar-refractivity contribution is 6.66. The SMILES string of the molecule is C=CCCCC[Si](C)(OCC)OCC. The summed E-state index contributed by atoms with van der Waals surface area (Å²) in [5.41, 5.74) is 0. The highest BCUT2D eigenvalue weighted by Gasteiger charge is 2.29. The summed E-state index contributed by atoms with van der Waals surface area (Å²) in [6.45, 7) is 11.5. The first kappa shape index (κ1) is 13.9. The average molecular weight is 216 g/mol. The highest BCUT2D eigenvalue weighted by Crippen LogP contribution is 2.17. The second-order valence-electron chi connectivity index (χ2n) is 3.53. The Hall–Kier alpha value is -0.123. The summed E-state index contributed by atoms with van der Waals surface area (Å²) in [5, 5.41) is 0. The van der Waals surface area contributed by atoms with Crippen LogP contribution in [0.1, 0.15) is 33.1 Å². The molecule has 0 aromatic rings. The first-order valence-electron chi connectivity index (χ1n) is 5.57. The average Bonchev–Trinajstić information content (AvgIpc) is 2.13. The highest BCUT2D eigenvalue weighted by atomic mass is 28.4. The largest absolute Gasteiger partial charge is 0.395 e. The zero-order chi connectivity index (χ0) is 10.9. The maximum Gasteiger partial charge on any atom is 0.334 e. The molecule has 0 aliphatic heterocycles. The van der Waals surface area contributed by atoms with Gasteiger partial charge in [0.05, 0.1) is 0 Å². The third kappa shape index (κ3) is 6.35. The van der Waals surface area contributed by atoms with Gasteiger partial charge in [-0.2, -0.15) is 0 Å². The Balaban J connectivity index is 3.76. The van der Waals surface area contributed by atoms with Crippen molar-refractivity contribution >= 4 is 8.56 Å². The van der Waals surface area contributed by atoms with Gasteiger partial charge in [-0.15, -0.1) is 6.58 Å². The van der Waals surface area contributed by atoms with Gasteiger partial charge in [-0.1, -0.05) is 12.5 Å². The van der Waals surface area contributed by atoms with Gasteiger partial charge in [0.1, 0.15) is 0 Å².